The van der Waals surface area contributed by atoms with Gasteiger partial charge in [0.05, 0.1) is 6.54 Å². The van der Waals surface area contributed by atoms with Gasteiger partial charge in [0.2, 0.25) is 5.95 Å². The van der Waals surface area contributed by atoms with Crippen molar-refractivity contribution in [1.82, 2.24) is 24.9 Å². The quantitative estimate of drug-likeness (QED) is 0.349. The summed E-state index contributed by atoms with van der Waals surface area (Å²) in [5.74, 6) is 2.46. The van der Waals surface area contributed by atoms with E-state index in [2.05, 4.69) is 54.9 Å². The fraction of sp³-hybridized carbons (Fsp3) is 0.241. The number of imidazole rings is 1. The number of benzene rings is 2. The van der Waals surface area contributed by atoms with E-state index in [-0.39, 0.29) is 11.8 Å². The van der Waals surface area contributed by atoms with Gasteiger partial charge >= 0.3 is 0 Å². The average Bonchev–Trinajstić information content (AvgIpc) is 3.12. The van der Waals surface area contributed by atoms with E-state index >= 15 is 0 Å². The summed E-state index contributed by atoms with van der Waals surface area (Å²) in [6, 6.07) is 12.9. The minimum Gasteiger partial charge on any atom is -0.491 e. The zero-order valence-electron chi connectivity index (χ0n) is 21.5. The number of aromatic amines is 1. The number of hydrogen-bond acceptors (Lipinski definition) is 7. The summed E-state index contributed by atoms with van der Waals surface area (Å²) in [6.07, 6.45) is 2.44. The molecule has 0 aliphatic carbocycles. The Balaban J connectivity index is 1.39. The Hall–Kier alpha value is -4.53. The SMILES string of the molecule is Cc1nc2cc(-c3cc(C)c4c(c3)CN(c3nc(N)nc(C)c3Cc3ccc(F)cc3)CCO4)cnc2[nH]1. The van der Waals surface area contributed by atoms with E-state index in [0.29, 0.717) is 26.1 Å². The van der Waals surface area contributed by atoms with Crippen LogP contribution in [0.1, 0.15) is 33.8 Å². The number of hydrogen-bond donors (Lipinski definition) is 2. The van der Waals surface area contributed by atoms with E-state index in [4.69, 9.17) is 10.5 Å². The lowest BCUT2D eigenvalue weighted by Crippen LogP contribution is -2.28. The Bertz CT molecular complexity index is 1660. The second kappa shape index (κ2) is 9.41. The summed E-state index contributed by atoms with van der Waals surface area (Å²) < 4.78 is 19.7. The molecule has 2 aromatic carbocycles. The summed E-state index contributed by atoms with van der Waals surface area (Å²) in [6.45, 7) is 7.65. The number of halogens is 1. The maximum Gasteiger partial charge on any atom is 0.222 e. The molecule has 1 aliphatic heterocycles. The molecule has 4 heterocycles. The molecule has 0 saturated carbocycles. The van der Waals surface area contributed by atoms with Gasteiger partial charge in [0, 0.05) is 41.5 Å². The van der Waals surface area contributed by atoms with Crippen molar-refractivity contribution in [2.45, 2.75) is 33.7 Å². The van der Waals surface area contributed by atoms with E-state index in [0.717, 1.165) is 67.6 Å². The fourth-order valence-corrected chi connectivity index (χ4v) is 5.11. The second-order valence-corrected chi connectivity index (χ2v) is 9.74. The molecule has 8 nitrogen and oxygen atoms in total. The smallest absolute Gasteiger partial charge is 0.222 e. The molecule has 1 aliphatic rings. The third-order valence-corrected chi connectivity index (χ3v) is 6.91. The van der Waals surface area contributed by atoms with Gasteiger partial charge < -0.3 is 20.4 Å². The molecule has 6 rings (SSSR count). The molecule has 0 bridgehead atoms. The molecule has 0 radical (unpaired) electrons. The van der Waals surface area contributed by atoms with Crippen LogP contribution in [0.5, 0.6) is 5.75 Å². The topological polar surface area (TPSA) is 106 Å². The summed E-state index contributed by atoms with van der Waals surface area (Å²) in [4.78, 5) is 23.6. The van der Waals surface area contributed by atoms with Gasteiger partial charge in [-0.25, -0.2) is 19.3 Å². The van der Waals surface area contributed by atoms with Crippen LogP contribution in [0.2, 0.25) is 0 Å². The number of ether oxygens (including phenoxy) is 1. The predicted molar refractivity (Wildman–Crippen MR) is 146 cm³/mol. The number of aromatic nitrogens is 5. The van der Waals surface area contributed by atoms with Gasteiger partial charge in [-0.05, 0) is 67.8 Å². The maximum atomic E-state index is 13.5. The lowest BCUT2D eigenvalue weighted by Gasteiger charge is -2.25. The molecule has 3 N–H and O–H groups in total. The molecule has 9 heteroatoms. The molecule has 0 unspecified atom stereocenters. The Morgan fingerprint density at radius 3 is 2.66 bits per heavy atom. The van der Waals surface area contributed by atoms with E-state index < -0.39 is 0 Å². The van der Waals surface area contributed by atoms with Gasteiger partial charge in [0.25, 0.3) is 0 Å². The first kappa shape index (κ1) is 23.8. The van der Waals surface area contributed by atoms with Crippen molar-refractivity contribution in [3.63, 3.8) is 0 Å². The lowest BCUT2D eigenvalue weighted by molar-refractivity contribution is 0.329. The van der Waals surface area contributed by atoms with Gasteiger partial charge in [-0.15, -0.1) is 0 Å². The number of nitrogens with two attached hydrogens (primary N) is 1. The first-order valence-corrected chi connectivity index (χ1v) is 12.6. The Morgan fingerprint density at radius 2 is 1.84 bits per heavy atom. The summed E-state index contributed by atoms with van der Waals surface area (Å²) in [5.41, 5.74) is 14.6. The zero-order valence-corrected chi connectivity index (χ0v) is 21.5. The van der Waals surface area contributed by atoms with Crippen molar-refractivity contribution < 1.29 is 9.13 Å². The van der Waals surface area contributed by atoms with Crippen LogP contribution in [-0.4, -0.2) is 38.1 Å². The molecule has 0 fully saturated rings. The summed E-state index contributed by atoms with van der Waals surface area (Å²) in [5, 5.41) is 0. The number of anilines is 2. The largest absolute Gasteiger partial charge is 0.491 e. The fourth-order valence-electron chi connectivity index (χ4n) is 5.11. The third-order valence-electron chi connectivity index (χ3n) is 6.91. The lowest BCUT2D eigenvalue weighted by atomic mass is 9.99. The van der Waals surface area contributed by atoms with E-state index in [1.807, 2.05) is 20.0 Å². The van der Waals surface area contributed by atoms with Crippen LogP contribution in [0.3, 0.4) is 0 Å². The maximum absolute atomic E-state index is 13.5. The number of fused-ring (bicyclic) bond motifs is 2. The van der Waals surface area contributed by atoms with Crippen LogP contribution in [0.15, 0.2) is 48.7 Å². The van der Waals surface area contributed by atoms with Gasteiger partial charge in [0.1, 0.15) is 35.3 Å². The molecule has 0 spiro atoms. The van der Waals surface area contributed by atoms with Crippen molar-refractivity contribution in [2.75, 3.05) is 23.8 Å². The molecule has 0 atom stereocenters. The van der Waals surface area contributed by atoms with Crippen molar-refractivity contribution >= 4 is 22.9 Å². The Labute approximate surface area is 219 Å². The third kappa shape index (κ3) is 4.51. The number of nitrogens with zero attached hydrogens (tertiary/aromatic N) is 5. The summed E-state index contributed by atoms with van der Waals surface area (Å²) >= 11 is 0. The van der Waals surface area contributed by atoms with E-state index in [1.165, 1.54) is 12.1 Å². The minimum atomic E-state index is -0.261. The first-order chi connectivity index (χ1) is 18.3. The number of nitrogen functional groups attached to an aromatic ring is 1. The highest BCUT2D eigenvalue weighted by Gasteiger charge is 2.23. The normalized spacial score (nSPS) is 13.3. The highest BCUT2D eigenvalue weighted by atomic mass is 19.1. The molecule has 0 amide bonds. The van der Waals surface area contributed by atoms with Crippen molar-refractivity contribution in [3.8, 4) is 16.9 Å². The molecular formula is C29H28FN7O. The average molecular weight is 510 g/mol. The van der Waals surface area contributed by atoms with Crippen LogP contribution < -0.4 is 15.4 Å². The zero-order chi connectivity index (χ0) is 26.4. The highest BCUT2D eigenvalue weighted by Crippen LogP contribution is 2.35. The van der Waals surface area contributed by atoms with Gasteiger partial charge in [-0.3, -0.25) is 0 Å². The van der Waals surface area contributed by atoms with Crippen LogP contribution in [0.25, 0.3) is 22.3 Å². The molecule has 192 valence electrons. The highest BCUT2D eigenvalue weighted by molar-refractivity contribution is 5.79. The predicted octanol–water partition coefficient (Wildman–Crippen LogP) is 5.05. The number of nitrogens with one attached hydrogen (secondary N) is 1. The number of aryl methyl sites for hydroxylation is 3. The molecule has 0 saturated heterocycles. The number of rotatable bonds is 4. The van der Waals surface area contributed by atoms with Crippen molar-refractivity contribution in [2.24, 2.45) is 0 Å². The van der Waals surface area contributed by atoms with Gasteiger partial charge in [-0.2, -0.15) is 4.98 Å². The number of H-pyrrole nitrogens is 1. The second-order valence-electron chi connectivity index (χ2n) is 9.74. The van der Waals surface area contributed by atoms with E-state index in [1.54, 1.807) is 12.1 Å². The molecule has 3 aromatic heterocycles. The Morgan fingerprint density at radius 1 is 1.03 bits per heavy atom. The van der Waals surface area contributed by atoms with Crippen molar-refractivity contribution in [3.05, 3.63) is 88.3 Å². The molecular weight excluding hydrogens is 481 g/mol. The van der Waals surface area contributed by atoms with Crippen LogP contribution in [0, 0.1) is 26.6 Å². The first-order valence-electron chi connectivity index (χ1n) is 12.6. The Kier molecular flexibility index (Phi) is 5.90. The number of pyridine rings is 1. The van der Waals surface area contributed by atoms with E-state index in [9.17, 15) is 4.39 Å². The minimum absolute atomic E-state index is 0.226. The van der Waals surface area contributed by atoms with Crippen LogP contribution in [0.4, 0.5) is 16.2 Å². The van der Waals surface area contributed by atoms with Gasteiger partial charge in [0.15, 0.2) is 5.65 Å². The summed E-state index contributed by atoms with van der Waals surface area (Å²) in [7, 11) is 0. The molecule has 38 heavy (non-hydrogen) atoms. The van der Waals surface area contributed by atoms with Crippen LogP contribution >= 0.6 is 0 Å². The van der Waals surface area contributed by atoms with Crippen LogP contribution in [-0.2, 0) is 13.0 Å². The molecule has 5 aromatic rings. The van der Waals surface area contributed by atoms with Crippen molar-refractivity contribution in [1.29, 1.82) is 0 Å². The standard InChI is InChI=1S/C29H28FN7O/c1-16-10-20(21-13-25-27(32-14-21)35-18(3)34-25)12-22-15-37(8-9-38-26(16)22)28-24(17(2)33-29(31)36-28)11-19-4-6-23(30)7-5-19/h4-7,10,12-14H,8-9,11,15H2,1-3H3,(H2,31,33,36)(H,32,34,35). The monoisotopic (exact) mass is 509 g/mol. The van der Waals surface area contributed by atoms with Gasteiger partial charge in [-0.1, -0.05) is 12.1 Å².